The van der Waals surface area contributed by atoms with E-state index >= 15 is 0 Å². The van der Waals surface area contributed by atoms with Crippen molar-refractivity contribution in [2.24, 2.45) is 5.92 Å². The summed E-state index contributed by atoms with van der Waals surface area (Å²) in [6.45, 7) is 3.10. The zero-order valence-electron chi connectivity index (χ0n) is 16.2. The van der Waals surface area contributed by atoms with E-state index in [1.54, 1.807) is 12.1 Å². The number of nitrogens with zero attached hydrogens (tertiary/aromatic N) is 3. The maximum atomic E-state index is 14.9. The fourth-order valence-corrected chi connectivity index (χ4v) is 3.91. The Morgan fingerprint density at radius 2 is 2.13 bits per heavy atom. The van der Waals surface area contributed by atoms with Crippen molar-refractivity contribution in [2.75, 3.05) is 31.6 Å². The third kappa shape index (κ3) is 3.90. The highest BCUT2D eigenvalue weighted by molar-refractivity contribution is 6.31. The Bertz CT molecular complexity index is 1070. The fourth-order valence-electron chi connectivity index (χ4n) is 3.66. The minimum Gasteiger partial charge on any atom is -0.473 e. The van der Waals surface area contributed by atoms with E-state index in [2.05, 4.69) is 25.6 Å². The van der Waals surface area contributed by atoms with E-state index in [0.29, 0.717) is 48.3 Å². The van der Waals surface area contributed by atoms with Crippen LogP contribution in [0.5, 0.6) is 5.88 Å². The van der Waals surface area contributed by atoms with Gasteiger partial charge in [0.1, 0.15) is 17.9 Å². The zero-order chi connectivity index (χ0) is 20.5. The lowest BCUT2D eigenvalue weighted by molar-refractivity contribution is -0.0312. The van der Waals surface area contributed by atoms with E-state index in [-0.39, 0.29) is 16.8 Å². The molecule has 9 heteroatoms. The van der Waals surface area contributed by atoms with Crippen molar-refractivity contribution in [1.29, 1.82) is 0 Å². The summed E-state index contributed by atoms with van der Waals surface area (Å²) in [6.07, 6.45) is 3.13. The smallest absolute Gasteiger partial charge is 0.214 e. The molecule has 3 aromatic rings. The first-order valence-electron chi connectivity index (χ1n) is 9.98. The molecular formula is C21H21ClFN5O2. The van der Waals surface area contributed by atoms with E-state index in [0.717, 1.165) is 25.1 Å². The van der Waals surface area contributed by atoms with E-state index in [9.17, 15) is 4.39 Å². The number of pyridine rings is 1. The number of ether oxygens (including phenoxy) is 2. The van der Waals surface area contributed by atoms with Crippen LogP contribution in [0.2, 0.25) is 5.02 Å². The van der Waals surface area contributed by atoms with Gasteiger partial charge < -0.3 is 20.1 Å². The second-order valence-corrected chi connectivity index (χ2v) is 7.98. The van der Waals surface area contributed by atoms with Gasteiger partial charge >= 0.3 is 0 Å². The second-order valence-electron chi connectivity index (χ2n) is 7.60. The van der Waals surface area contributed by atoms with Gasteiger partial charge in [0.05, 0.1) is 29.4 Å². The molecule has 0 unspecified atom stereocenters. The maximum Gasteiger partial charge on any atom is 0.214 e. The molecule has 0 spiro atoms. The average Bonchev–Trinajstić information content (AvgIpc) is 3.23. The lowest BCUT2D eigenvalue weighted by Gasteiger charge is -2.26. The third-order valence-corrected chi connectivity index (χ3v) is 5.80. The molecule has 30 heavy (non-hydrogen) atoms. The summed E-state index contributed by atoms with van der Waals surface area (Å²) < 4.78 is 26.1. The van der Waals surface area contributed by atoms with Gasteiger partial charge in [0, 0.05) is 18.5 Å². The summed E-state index contributed by atoms with van der Waals surface area (Å²) in [5.41, 5.74) is 2.16. The van der Waals surface area contributed by atoms with Crippen LogP contribution in [0.15, 0.2) is 30.6 Å². The molecule has 0 bridgehead atoms. The Kier molecular flexibility index (Phi) is 5.37. The summed E-state index contributed by atoms with van der Waals surface area (Å²) in [4.78, 5) is 13.1. The Labute approximate surface area is 178 Å². The van der Waals surface area contributed by atoms with Gasteiger partial charge in [-0.3, -0.25) is 0 Å². The summed E-state index contributed by atoms with van der Waals surface area (Å²) in [5.74, 6) is 0.769. The Hall–Kier alpha value is -2.55. The number of hydrogen-bond acceptors (Lipinski definition) is 7. The lowest BCUT2D eigenvalue weighted by atomic mass is 9.97. The van der Waals surface area contributed by atoms with Crippen molar-refractivity contribution in [3.63, 3.8) is 0 Å². The molecule has 7 nitrogen and oxygen atoms in total. The maximum absolute atomic E-state index is 14.9. The Morgan fingerprint density at radius 1 is 1.23 bits per heavy atom. The molecule has 1 aromatic carbocycles. The number of anilines is 2. The SMILES string of the molecule is Fc1c(Nc2ncnc3ccc(O[C@H]4CCNC4)nc23)ccc(CC2COC2)c1Cl. The molecule has 156 valence electrons. The van der Waals surface area contributed by atoms with Crippen molar-refractivity contribution >= 4 is 34.1 Å². The van der Waals surface area contributed by atoms with Crippen molar-refractivity contribution in [3.05, 3.63) is 47.0 Å². The van der Waals surface area contributed by atoms with E-state index in [4.69, 9.17) is 21.1 Å². The molecule has 2 N–H and O–H groups in total. The number of fused-ring (bicyclic) bond motifs is 1. The molecule has 2 saturated heterocycles. The van der Waals surface area contributed by atoms with Crippen LogP contribution >= 0.6 is 11.6 Å². The zero-order valence-corrected chi connectivity index (χ0v) is 17.0. The van der Waals surface area contributed by atoms with Gasteiger partial charge in [0.15, 0.2) is 11.6 Å². The summed E-state index contributed by atoms with van der Waals surface area (Å²) >= 11 is 6.30. The van der Waals surface area contributed by atoms with Gasteiger partial charge in [-0.25, -0.2) is 19.3 Å². The van der Waals surface area contributed by atoms with Crippen molar-refractivity contribution in [1.82, 2.24) is 20.3 Å². The van der Waals surface area contributed by atoms with Crippen LogP contribution in [0.3, 0.4) is 0 Å². The molecule has 5 rings (SSSR count). The molecule has 0 saturated carbocycles. The first-order valence-corrected chi connectivity index (χ1v) is 10.4. The molecule has 0 amide bonds. The van der Waals surface area contributed by atoms with Gasteiger partial charge in [-0.2, -0.15) is 0 Å². The van der Waals surface area contributed by atoms with Crippen molar-refractivity contribution < 1.29 is 13.9 Å². The first-order chi connectivity index (χ1) is 14.7. The number of nitrogens with one attached hydrogen (secondary N) is 2. The van der Waals surface area contributed by atoms with Crippen molar-refractivity contribution in [2.45, 2.75) is 18.9 Å². The lowest BCUT2D eigenvalue weighted by Crippen LogP contribution is -2.29. The number of rotatable bonds is 6. The second kappa shape index (κ2) is 8.29. The average molecular weight is 430 g/mol. The van der Waals surface area contributed by atoms with Gasteiger partial charge in [-0.1, -0.05) is 17.7 Å². The van der Waals surface area contributed by atoms with Crippen molar-refractivity contribution in [3.8, 4) is 5.88 Å². The Morgan fingerprint density at radius 3 is 2.90 bits per heavy atom. The van der Waals surface area contributed by atoms with E-state index in [1.165, 1.54) is 6.33 Å². The molecule has 0 radical (unpaired) electrons. The third-order valence-electron chi connectivity index (χ3n) is 5.39. The molecule has 2 fully saturated rings. The number of benzene rings is 1. The standard InChI is InChI=1S/C21H21ClFN5O2/c22-18-13(7-12-9-29-10-12)1-2-15(19(18)23)27-21-20-16(25-11-26-21)3-4-17(28-20)30-14-5-6-24-8-14/h1-4,11-12,14,24H,5-10H2,(H,25,26,27)/t14-/m0/s1. The molecule has 0 aliphatic carbocycles. The predicted molar refractivity (Wildman–Crippen MR) is 112 cm³/mol. The number of hydrogen-bond donors (Lipinski definition) is 2. The molecule has 2 aliphatic heterocycles. The van der Waals surface area contributed by atoms with Crippen LogP contribution in [-0.2, 0) is 11.2 Å². The predicted octanol–water partition coefficient (Wildman–Crippen LogP) is 3.49. The summed E-state index contributed by atoms with van der Waals surface area (Å²) in [7, 11) is 0. The minimum atomic E-state index is -0.509. The molecular weight excluding hydrogens is 409 g/mol. The van der Waals surface area contributed by atoms with Gasteiger partial charge in [0.2, 0.25) is 5.88 Å². The van der Waals surface area contributed by atoms with Gasteiger partial charge in [0.25, 0.3) is 0 Å². The normalized spacial score (nSPS) is 19.1. The van der Waals surface area contributed by atoms with Crippen LogP contribution in [0.4, 0.5) is 15.9 Å². The number of aromatic nitrogens is 3. The highest BCUT2D eigenvalue weighted by Gasteiger charge is 2.22. The molecule has 2 aromatic heterocycles. The minimum absolute atomic E-state index is 0.0841. The molecule has 1 atom stereocenters. The highest BCUT2D eigenvalue weighted by Crippen LogP contribution is 2.32. The van der Waals surface area contributed by atoms with Crippen LogP contribution < -0.4 is 15.4 Å². The summed E-state index contributed by atoms with van der Waals surface area (Å²) in [6, 6.07) is 7.12. The highest BCUT2D eigenvalue weighted by atomic mass is 35.5. The fraction of sp³-hybridized carbons (Fsp3) is 0.381. The first kappa shape index (κ1) is 19.4. The van der Waals surface area contributed by atoms with Crippen LogP contribution in [0.25, 0.3) is 11.0 Å². The van der Waals surface area contributed by atoms with Crippen LogP contribution in [0, 0.1) is 11.7 Å². The topological polar surface area (TPSA) is 81.2 Å². The van der Waals surface area contributed by atoms with E-state index in [1.807, 2.05) is 12.1 Å². The quantitative estimate of drug-likeness (QED) is 0.620. The Balaban J connectivity index is 1.42. The van der Waals surface area contributed by atoms with Crippen LogP contribution in [0.1, 0.15) is 12.0 Å². The molecule has 2 aliphatic rings. The largest absolute Gasteiger partial charge is 0.473 e. The van der Waals surface area contributed by atoms with Gasteiger partial charge in [-0.05, 0) is 37.1 Å². The number of halogens is 2. The van der Waals surface area contributed by atoms with E-state index < -0.39 is 5.82 Å². The molecule has 4 heterocycles. The monoisotopic (exact) mass is 429 g/mol. The van der Waals surface area contributed by atoms with Gasteiger partial charge in [-0.15, -0.1) is 0 Å². The summed E-state index contributed by atoms with van der Waals surface area (Å²) in [5, 5.41) is 6.40. The van der Waals surface area contributed by atoms with Crippen LogP contribution in [-0.4, -0.2) is 47.4 Å².